The monoisotopic (exact) mass is 196 g/mol. The molecule has 72 valence electrons. The summed E-state index contributed by atoms with van der Waals surface area (Å²) in [5.41, 5.74) is 0. The lowest BCUT2D eigenvalue weighted by atomic mass is 10.1. The lowest BCUT2D eigenvalue weighted by Crippen LogP contribution is -1.84. The number of hydrogen-bond donors (Lipinski definition) is 2. The number of aromatic hydroxyl groups is 2. The first-order chi connectivity index (χ1) is 6.58. The van der Waals surface area contributed by atoms with E-state index in [1.165, 1.54) is 6.07 Å². The van der Waals surface area contributed by atoms with Gasteiger partial charge >= 0.3 is 0 Å². The average Bonchev–Trinajstić information content (AvgIpc) is 2.08. The topological polar surface area (TPSA) is 40.5 Å². The summed E-state index contributed by atoms with van der Waals surface area (Å²) >= 11 is 0. The van der Waals surface area contributed by atoms with Crippen molar-refractivity contribution in [1.82, 2.24) is 0 Å². The Bertz CT molecular complexity index is 509. The van der Waals surface area contributed by atoms with Crippen LogP contribution in [-0.2, 0) is 0 Å². The molecule has 0 spiro atoms. The fourth-order valence-electron chi connectivity index (χ4n) is 1.32. The molecule has 2 aromatic rings. The second-order valence-corrected chi connectivity index (χ2v) is 2.95. The highest BCUT2D eigenvalue weighted by molar-refractivity contribution is 5.89. The van der Waals surface area contributed by atoms with Crippen molar-refractivity contribution in [3.05, 3.63) is 35.9 Å². The Kier molecular flexibility index (Phi) is 1.77. The Morgan fingerprint density at radius 1 is 0.857 bits per heavy atom. The van der Waals surface area contributed by atoms with Gasteiger partial charge in [0, 0.05) is 11.5 Å². The lowest BCUT2D eigenvalue weighted by Gasteiger charge is -2.02. The molecule has 14 heavy (non-hydrogen) atoms. The van der Waals surface area contributed by atoms with Crippen LogP contribution in [-0.4, -0.2) is 10.2 Å². The van der Waals surface area contributed by atoms with E-state index >= 15 is 0 Å². The van der Waals surface area contributed by atoms with Crippen LogP contribution in [0.3, 0.4) is 0 Å². The van der Waals surface area contributed by atoms with E-state index in [1.807, 2.05) is 0 Å². The van der Waals surface area contributed by atoms with Gasteiger partial charge in [0.05, 0.1) is 0 Å². The standard InChI is InChI=1S/C10H6F2O2/c11-8-2-5-1-6(13)3-10(14)7(5)4-9(8)12/h1-4,13-14H. The molecule has 0 radical (unpaired) electrons. The Labute approximate surface area is 78.0 Å². The molecule has 0 aliphatic rings. The largest absolute Gasteiger partial charge is 0.508 e. The van der Waals surface area contributed by atoms with Crippen molar-refractivity contribution in [3.8, 4) is 11.5 Å². The predicted octanol–water partition coefficient (Wildman–Crippen LogP) is 2.53. The van der Waals surface area contributed by atoms with Crippen LogP contribution in [0.15, 0.2) is 24.3 Å². The molecule has 0 bridgehead atoms. The molecule has 0 aliphatic heterocycles. The predicted molar refractivity (Wildman–Crippen MR) is 47.2 cm³/mol. The molecule has 0 fully saturated rings. The van der Waals surface area contributed by atoms with Crippen molar-refractivity contribution < 1.29 is 19.0 Å². The molecule has 0 amide bonds. The van der Waals surface area contributed by atoms with Gasteiger partial charge in [-0.2, -0.15) is 0 Å². The molecule has 0 heterocycles. The molecule has 0 saturated heterocycles. The van der Waals surface area contributed by atoms with E-state index in [1.54, 1.807) is 0 Å². The van der Waals surface area contributed by atoms with Gasteiger partial charge in [-0.15, -0.1) is 0 Å². The number of benzene rings is 2. The van der Waals surface area contributed by atoms with Gasteiger partial charge in [0.25, 0.3) is 0 Å². The van der Waals surface area contributed by atoms with Crippen molar-refractivity contribution in [2.24, 2.45) is 0 Å². The number of hydrogen-bond acceptors (Lipinski definition) is 2. The van der Waals surface area contributed by atoms with E-state index < -0.39 is 11.6 Å². The van der Waals surface area contributed by atoms with Crippen molar-refractivity contribution in [3.63, 3.8) is 0 Å². The summed E-state index contributed by atoms with van der Waals surface area (Å²) in [7, 11) is 0. The zero-order valence-electron chi connectivity index (χ0n) is 6.96. The van der Waals surface area contributed by atoms with Crippen LogP contribution in [0.2, 0.25) is 0 Å². The third-order valence-electron chi connectivity index (χ3n) is 1.96. The van der Waals surface area contributed by atoms with Gasteiger partial charge in [0.15, 0.2) is 11.6 Å². The van der Waals surface area contributed by atoms with E-state index in [2.05, 4.69) is 0 Å². The molecule has 0 saturated carbocycles. The number of fused-ring (bicyclic) bond motifs is 1. The highest BCUT2D eigenvalue weighted by Crippen LogP contribution is 2.30. The van der Waals surface area contributed by atoms with Crippen molar-refractivity contribution >= 4 is 10.8 Å². The lowest BCUT2D eigenvalue weighted by molar-refractivity contribution is 0.454. The summed E-state index contributed by atoms with van der Waals surface area (Å²) in [6.45, 7) is 0. The van der Waals surface area contributed by atoms with Crippen LogP contribution in [0.4, 0.5) is 8.78 Å². The van der Waals surface area contributed by atoms with Crippen molar-refractivity contribution in [2.45, 2.75) is 0 Å². The smallest absolute Gasteiger partial charge is 0.159 e. The van der Waals surface area contributed by atoms with Crippen molar-refractivity contribution in [2.75, 3.05) is 0 Å². The summed E-state index contributed by atoms with van der Waals surface area (Å²) in [5, 5.41) is 18.8. The second-order valence-electron chi connectivity index (χ2n) is 2.95. The van der Waals surface area contributed by atoms with Gasteiger partial charge in [-0.3, -0.25) is 0 Å². The Balaban J connectivity index is 2.89. The van der Waals surface area contributed by atoms with E-state index in [-0.39, 0.29) is 22.3 Å². The van der Waals surface area contributed by atoms with Crippen LogP contribution in [0.5, 0.6) is 11.5 Å². The molecule has 2 N–H and O–H groups in total. The number of phenolic OH excluding ortho intramolecular Hbond substituents is 2. The minimum atomic E-state index is -1.03. The molecule has 0 atom stereocenters. The van der Waals surface area contributed by atoms with Crippen LogP contribution in [0.1, 0.15) is 0 Å². The zero-order chi connectivity index (χ0) is 10.3. The minimum absolute atomic E-state index is 0.168. The Morgan fingerprint density at radius 3 is 2.21 bits per heavy atom. The fraction of sp³-hybridized carbons (Fsp3) is 0. The molecule has 2 nitrogen and oxygen atoms in total. The molecular formula is C10H6F2O2. The molecule has 2 rings (SSSR count). The van der Waals surface area contributed by atoms with Crippen LogP contribution in [0.25, 0.3) is 10.8 Å². The molecule has 0 aromatic heterocycles. The van der Waals surface area contributed by atoms with Gasteiger partial charge in [-0.05, 0) is 23.6 Å². The maximum atomic E-state index is 12.8. The summed E-state index contributed by atoms with van der Waals surface area (Å²) in [6, 6.07) is 4.13. The SMILES string of the molecule is Oc1cc(O)c2cc(F)c(F)cc2c1. The Hall–Kier alpha value is -1.84. The number of rotatable bonds is 0. The van der Waals surface area contributed by atoms with Gasteiger partial charge in [0.2, 0.25) is 0 Å². The highest BCUT2D eigenvalue weighted by atomic mass is 19.2. The van der Waals surface area contributed by atoms with Gasteiger partial charge < -0.3 is 10.2 Å². The average molecular weight is 196 g/mol. The molecule has 4 heteroatoms. The Morgan fingerprint density at radius 2 is 1.50 bits per heavy atom. The molecule has 2 aromatic carbocycles. The number of halogens is 2. The minimum Gasteiger partial charge on any atom is -0.508 e. The fourth-order valence-corrected chi connectivity index (χ4v) is 1.32. The summed E-state index contributed by atoms with van der Waals surface area (Å²) in [4.78, 5) is 0. The third-order valence-corrected chi connectivity index (χ3v) is 1.96. The van der Waals surface area contributed by atoms with Gasteiger partial charge in [0.1, 0.15) is 11.5 Å². The highest BCUT2D eigenvalue weighted by Gasteiger charge is 2.08. The van der Waals surface area contributed by atoms with Crippen molar-refractivity contribution in [1.29, 1.82) is 0 Å². The first kappa shape index (κ1) is 8.74. The zero-order valence-corrected chi connectivity index (χ0v) is 6.96. The number of phenols is 2. The summed E-state index contributed by atoms with van der Waals surface area (Å²) in [5.74, 6) is -2.51. The van der Waals surface area contributed by atoms with Gasteiger partial charge in [-0.1, -0.05) is 0 Å². The normalized spacial score (nSPS) is 10.7. The van der Waals surface area contributed by atoms with E-state index in [4.69, 9.17) is 5.11 Å². The first-order valence-corrected chi connectivity index (χ1v) is 3.88. The summed E-state index contributed by atoms with van der Waals surface area (Å²) in [6.07, 6.45) is 0. The van der Waals surface area contributed by atoms with Gasteiger partial charge in [-0.25, -0.2) is 8.78 Å². The first-order valence-electron chi connectivity index (χ1n) is 3.88. The van der Waals surface area contributed by atoms with E-state index in [0.717, 1.165) is 18.2 Å². The molecule has 0 aliphatic carbocycles. The van der Waals surface area contributed by atoms with E-state index in [0.29, 0.717) is 0 Å². The van der Waals surface area contributed by atoms with Crippen LogP contribution < -0.4 is 0 Å². The van der Waals surface area contributed by atoms with Crippen LogP contribution in [0, 0.1) is 11.6 Å². The quantitative estimate of drug-likeness (QED) is 0.679. The maximum Gasteiger partial charge on any atom is 0.159 e. The maximum absolute atomic E-state index is 12.8. The third kappa shape index (κ3) is 1.25. The molecule has 0 unspecified atom stereocenters. The summed E-state index contributed by atoms with van der Waals surface area (Å²) < 4.78 is 25.6. The van der Waals surface area contributed by atoms with E-state index in [9.17, 15) is 13.9 Å². The second kappa shape index (κ2) is 2.83. The van der Waals surface area contributed by atoms with Crippen LogP contribution >= 0.6 is 0 Å². The molecular weight excluding hydrogens is 190 g/mol.